The van der Waals surface area contributed by atoms with Crippen molar-refractivity contribution in [3.63, 3.8) is 0 Å². The van der Waals surface area contributed by atoms with Crippen molar-refractivity contribution in [1.82, 2.24) is 9.47 Å². The molecule has 2 atom stereocenters. The van der Waals surface area contributed by atoms with Gasteiger partial charge < -0.3 is 14.4 Å². The van der Waals surface area contributed by atoms with Crippen LogP contribution in [-0.2, 0) is 9.47 Å². The number of alkyl halides is 1. The molecule has 0 saturated carbocycles. The number of fused-ring (bicyclic) bond motifs is 2. The number of ether oxygens (including phenoxy) is 2. The number of hydrogen-bond acceptors (Lipinski definition) is 4. The first-order valence-corrected chi connectivity index (χ1v) is 13.9. The molecule has 1 saturated heterocycles. The van der Waals surface area contributed by atoms with Crippen molar-refractivity contribution in [3.8, 4) is 11.3 Å². The highest BCUT2D eigenvalue weighted by Gasteiger charge is 2.39. The molecule has 0 bridgehead atoms. The van der Waals surface area contributed by atoms with Crippen LogP contribution < -0.4 is 0 Å². The molecule has 3 aromatic carbocycles. The van der Waals surface area contributed by atoms with Crippen molar-refractivity contribution in [2.24, 2.45) is 0 Å². The van der Waals surface area contributed by atoms with Gasteiger partial charge in [0.15, 0.2) is 0 Å². The van der Waals surface area contributed by atoms with Gasteiger partial charge in [-0.05, 0) is 94.1 Å². The van der Waals surface area contributed by atoms with Crippen LogP contribution in [-0.4, -0.2) is 52.1 Å². The average Bonchev–Trinajstić information content (AvgIpc) is 3.20. The zero-order valence-electron chi connectivity index (χ0n) is 24.3. The fourth-order valence-corrected chi connectivity index (χ4v) is 5.47. The third kappa shape index (κ3) is 5.92. The Morgan fingerprint density at radius 1 is 0.854 bits per heavy atom. The van der Waals surface area contributed by atoms with E-state index in [-0.39, 0.29) is 25.0 Å². The topological polar surface area (TPSA) is 60.8 Å². The smallest absolute Gasteiger partial charge is 0.419 e. The van der Waals surface area contributed by atoms with Crippen LogP contribution in [0.4, 0.5) is 18.4 Å². The Morgan fingerprint density at radius 3 is 2.20 bits per heavy atom. The maximum atomic E-state index is 16.0. The van der Waals surface area contributed by atoms with Crippen LogP contribution in [0.1, 0.15) is 59.4 Å². The highest BCUT2D eigenvalue weighted by atomic mass is 19.1. The van der Waals surface area contributed by atoms with Crippen molar-refractivity contribution in [2.75, 3.05) is 13.1 Å². The van der Waals surface area contributed by atoms with Gasteiger partial charge in [-0.3, -0.25) is 0 Å². The van der Waals surface area contributed by atoms with Crippen LogP contribution in [0.3, 0.4) is 0 Å². The van der Waals surface area contributed by atoms with Crippen molar-refractivity contribution >= 4 is 33.9 Å². The second-order valence-corrected chi connectivity index (χ2v) is 12.6. The number of rotatable bonds is 2. The molecule has 1 amide bonds. The van der Waals surface area contributed by atoms with Gasteiger partial charge in [0.2, 0.25) is 0 Å². The van der Waals surface area contributed by atoms with E-state index in [0.29, 0.717) is 22.2 Å². The highest BCUT2D eigenvalue weighted by molar-refractivity contribution is 6.01. The summed E-state index contributed by atoms with van der Waals surface area (Å²) in [7, 11) is 0. The Bertz CT molecular complexity index is 1630. The summed E-state index contributed by atoms with van der Waals surface area (Å²) in [6.45, 7) is 10.9. The third-order valence-electron chi connectivity index (χ3n) is 7.12. The number of carbonyl (C=O) groups is 2. The second-order valence-electron chi connectivity index (χ2n) is 12.6. The number of hydrogen-bond donors (Lipinski definition) is 0. The Morgan fingerprint density at radius 2 is 1.51 bits per heavy atom. The largest absolute Gasteiger partial charge is 0.444 e. The molecule has 0 radical (unpaired) electrons. The minimum absolute atomic E-state index is 0.0431. The predicted octanol–water partition coefficient (Wildman–Crippen LogP) is 8.45. The molecule has 1 aliphatic rings. The maximum Gasteiger partial charge on any atom is 0.419 e. The quantitative estimate of drug-likeness (QED) is 0.246. The molecule has 0 unspecified atom stereocenters. The van der Waals surface area contributed by atoms with E-state index in [9.17, 15) is 14.0 Å². The van der Waals surface area contributed by atoms with Crippen LogP contribution in [0, 0.1) is 5.82 Å². The number of nitrogens with zero attached hydrogens (tertiary/aromatic N) is 2. The second kappa shape index (κ2) is 10.5. The van der Waals surface area contributed by atoms with Crippen LogP contribution in [0.15, 0.2) is 60.7 Å². The number of carbonyl (C=O) groups excluding carboxylic acids is 2. The molecule has 0 N–H and O–H groups in total. The monoisotopic (exact) mass is 562 g/mol. The van der Waals surface area contributed by atoms with Crippen molar-refractivity contribution < 1.29 is 27.8 Å². The van der Waals surface area contributed by atoms with Crippen molar-refractivity contribution in [2.45, 2.75) is 71.3 Å². The van der Waals surface area contributed by atoms with E-state index in [1.807, 2.05) is 42.5 Å². The lowest BCUT2D eigenvalue weighted by molar-refractivity contribution is 0.0135. The van der Waals surface area contributed by atoms with Gasteiger partial charge in [-0.15, -0.1) is 0 Å². The first kappa shape index (κ1) is 28.6. The van der Waals surface area contributed by atoms with Gasteiger partial charge >= 0.3 is 12.2 Å². The van der Waals surface area contributed by atoms with E-state index >= 15 is 4.39 Å². The molecule has 8 heteroatoms. The van der Waals surface area contributed by atoms with Gasteiger partial charge in [0, 0.05) is 24.4 Å². The summed E-state index contributed by atoms with van der Waals surface area (Å²) in [5, 5.41) is 2.46. The summed E-state index contributed by atoms with van der Waals surface area (Å²) in [6, 6.07) is 17.7. The molecule has 0 aliphatic carbocycles. The highest BCUT2D eigenvalue weighted by Crippen LogP contribution is 2.44. The van der Waals surface area contributed by atoms with Gasteiger partial charge in [-0.1, -0.05) is 36.4 Å². The van der Waals surface area contributed by atoms with Crippen molar-refractivity contribution in [3.05, 3.63) is 72.0 Å². The maximum absolute atomic E-state index is 16.0. The minimum atomic E-state index is -1.31. The molecule has 6 nitrogen and oxygen atoms in total. The van der Waals surface area contributed by atoms with E-state index in [0.717, 1.165) is 10.8 Å². The summed E-state index contributed by atoms with van der Waals surface area (Å²) in [6.07, 6.45) is -2.43. The molecule has 41 heavy (non-hydrogen) atoms. The molecule has 4 aromatic rings. The molecule has 216 valence electrons. The number of benzene rings is 3. The molecular weight excluding hydrogens is 526 g/mol. The molecule has 5 rings (SSSR count). The Balaban J connectivity index is 1.76. The van der Waals surface area contributed by atoms with Crippen LogP contribution in [0.25, 0.3) is 32.9 Å². The lowest BCUT2D eigenvalue weighted by Gasteiger charge is -2.36. The minimum Gasteiger partial charge on any atom is -0.444 e. The Kier molecular flexibility index (Phi) is 7.30. The van der Waals surface area contributed by atoms with E-state index in [4.69, 9.17) is 9.47 Å². The molecule has 2 heterocycles. The third-order valence-corrected chi connectivity index (χ3v) is 7.12. The molecule has 0 spiro atoms. The zero-order chi connectivity index (χ0) is 29.7. The van der Waals surface area contributed by atoms with Crippen LogP contribution in [0.5, 0.6) is 0 Å². The number of halogens is 2. The first-order chi connectivity index (χ1) is 19.2. The molecule has 1 aromatic heterocycles. The van der Waals surface area contributed by atoms with E-state index in [1.165, 1.54) is 21.6 Å². The molecule has 1 aliphatic heterocycles. The zero-order valence-corrected chi connectivity index (χ0v) is 24.3. The average molecular weight is 563 g/mol. The van der Waals surface area contributed by atoms with Crippen molar-refractivity contribution in [1.29, 1.82) is 0 Å². The van der Waals surface area contributed by atoms with Gasteiger partial charge in [0.1, 0.15) is 23.2 Å². The van der Waals surface area contributed by atoms with Gasteiger partial charge in [-0.25, -0.2) is 22.9 Å². The Labute approximate surface area is 238 Å². The van der Waals surface area contributed by atoms with Crippen LogP contribution in [0.2, 0.25) is 0 Å². The van der Waals surface area contributed by atoms with Gasteiger partial charge in [0.05, 0.1) is 11.2 Å². The summed E-state index contributed by atoms with van der Waals surface area (Å²) in [5.74, 6) is -1.33. The predicted molar refractivity (Wildman–Crippen MR) is 157 cm³/mol. The van der Waals surface area contributed by atoms with Gasteiger partial charge in [-0.2, -0.15) is 0 Å². The summed E-state index contributed by atoms with van der Waals surface area (Å²) in [4.78, 5) is 28.3. The van der Waals surface area contributed by atoms with E-state index < -0.39 is 41.3 Å². The Hall–Kier alpha value is -3.94. The van der Waals surface area contributed by atoms with Gasteiger partial charge in [0.25, 0.3) is 0 Å². The van der Waals surface area contributed by atoms with Crippen LogP contribution >= 0.6 is 0 Å². The number of aromatic nitrogens is 1. The lowest BCUT2D eigenvalue weighted by atomic mass is 9.85. The fraction of sp³-hybridized carbons (Fsp3) is 0.394. The number of piperidine rings is 1. The summed E-state index contributed by atoms with van der Waals surface area (Å²) < 4.78 is 43.4. The van der Waals surface area contributed by atoms with E-state index in [1.54, 1.807) is 47.6 Å². The van der Waals surface area contributed by atoms with E-state index in [2.05, 4.69) is 0 Å². The normalized spacial score (nSPS) is 18.1. The SMILES string of the molecule is CC(C)(C)OC(=O)N1CC[C@@H](F)[C@H](c2c(-c3ccc4ccccc4c3)n(C(=O)OC(C)(C)C)c3cc(F)ccc23)C1. The summed E-state index contributed by atoms with van der Waals surface area (Å²) in [5.41, 5.74) is 0.343. The fourth-order valence-electron chi connectivity index (χ4n) is 5.47. The molecular formula is C33H36F2N2O4. The standard InChI is InChI=1S/C33H36F2N2O4/c1-32(2,3)40-30(38)36-16-15-26(35)25(19-36)28-24-14-13-23(34)18-27(24)37(31(39)41-33(4,5)6)29(28)22-12-11-20-9-7-8-10-21(20)17-22/h7-14,17-18,25-26H,15-16,19H2,1-6H3/t25-,26-/m1/s1. The number of likely N-dealkylation sites (tertiary alicyclic amines) is 1. The summed E-state index contributed by atoms with van der Waals surface area (Å²) >= 11 is 0. The molecule has 1 fully saturated rings. The lowest BCUT2D eigenvalue weighted by Crippen LogP contribution is -2.45. The number of amides is 1. The first-order valence-electron chi connectivity index (χ1n) is 13.9.